The minimum atomic E-state index is -0.762. The maximum atomic E-state index is 13.0. The Bertz CT molecular complexity index is 1200. The number of guanidine groups is 2. The maximum absolute atomic E-state index is 13.0. The summed E-state index contributed by atoms with van der Waals surface area (Å²) in [5, 5.41) is 13.6. The van der Waals surface area contributed by atoms with Gasteiger partial charge in [0, 0.05) is 23.1 Å². The first kappa shape index (κ1) is 21.1. The Kier molecular flexibility index (Phi) is 5.33. The van der Waals surface area contributed by atoms with Crippen molar-refractivity contribution < 1.29 is 9.90 Å². The van der Waals surface area contributed by atoms with Crippen LogP contribution in [0.5, 0.6) is 5.75 Å². The fourth-order valence-electron chi connectivity index (χ4n) is 3.17. The second-order valence-electron chi connectivity index (χ2n) is 7.66. The highest BCUT2D eigenvalue weighted by Crippen LogP contribution is 2.33. The number of anilines is 1. The molecule has 2 aliphatic rings. The third-order valence-corrected chi connectivity index (χ3v) is 5.33. The van der Waals surface area contributed by atoms with Crippen LogP contribution in [-0.4, -0.2) is 39.6 Å². The number of Topliss-reactive ketones (excluding diaryl/α,β-unsaturated/α-hetero) is 1. The lowest BCUT2D eigenvalue weighted by Gasteiger charge is -2.38. The third-order valence-electron chi connectivity index (χ3n) is 4.82. The van der Waals surface area contributed by atoms with Crippen molar-refractivity contribution in [3.8, 4) is 5.75 Å². The molecule has 2 aromatic rings. The van der Waals surface area contributed by atoms with Crippen LogP contribution in [0.25, 0.3) is 0 Å². The number of rotatable bonds is 3. The lowest BCUT2D eigenvalue weighted by atomic mass is 10.0. The van der Waals surface area contributed by atoms with E-state index in [1.807, 2.05) is 45.0 Å². The van der Waals surface area contributed by atoms with Crippen LogP contribution in [0.4, 0.5) is 5.69 Å². The summed E-state index contributed by atoms with van der Waals surface area (Å²) >= 11 is 12.0. The Hall–Kier alpha value is -3.16. The number of phenols is 1. The SMILES string of the molecule is Cc1ccc(NC2=NC(C)(C)N3C=C(C(=O)c4cc(Cl)cc(Cl)c4O)C=NC3=N2)cc1. The first-order chi connectivity index (χ1) is 14.6. The number of allylic oxidation sites excluding steroid dienone is 1. The van der Waals surface area contributed by atoms with E-state index < -0.39 is 11.4 Å². The van der Waals surface area contributed by atoms with E-state index >= 15 is 0 Å². The molecule has 2 heterocycles. The van der Waals surface area contributed by atoms with Crippen LogP contribution in [0.15, 0.2) is 63.1 Å². The van der Waals surface area contributed by atoms with Gasteiger partial charge in [-0.1, -0.05) is 40.9 Å². The summed E-state index contributed by atoms with van der Waals surface area (Å²) < 4.78 is 0. The van der Waals surface area contributed by atoms with Crippen molar-refractivity contribution in [3.05, 3.63) is 69.3 Å². The minimum absolute atomic E-state index is 0.00109. The number of hydrogen-bond donors (Lipinski definition) is 2. The monoisotopic (exact) mass is 455 g/mol. The van der Waals surface area contributed by atoms with Gasteiger partial charge in [-0.15, -0.1) is 0 Å². The summed E-state index contributed by atoms with van der Waals surface area (Å²) in [6.45, 7) is 5.78. The minimum Gasteiger partial charge on any atom is -0.506 e. The molecule has 0 amide bonds. The quantitative estimate of drug-likeness (QED) is 0.634. The molecule has 0 saturated carbocycles. The van der Waals surface area contributed by atoms with Gasteiger partial charge >= 0.3 is 0 Å². The zero-order valence-electron chi connectivity index (χ0n) is 17.0. The van der Waals surface area contributed by atoms with E-state index in [2.05, 4.69) is 20.3 Å². The number of nitrogens with one attached hydrogen (secondary N) is 1. The summed E-state index contributed by atoms with van der Waals surface area (Å²) in [6.07, 6.45) is 3.01. The van der Waals surface area contributed by atoms with Crippen molar-refractivity contribution in [2.75, 3.05) is 5.32 Å². The number of nitrogens with zero attached hydrogens (tertiary/aromatic N) is 4. The Labute approximate surface area is 189 Å². The first-order valence-corrected chi connectivity index (χ1v) is 10.2. The van der Waals surface area contributed by atoms with Gasteiger partial charge in [-0.2, -0.15) is 4.99 Å². The molecular formula is C22H19Cl2N5O2. The molecule has 0 aromatic heterocycles. The Morgan fingerprint density at radius 2 is 1.87 bits per heavy atom. The standard InChI is InChI=1S/C22H19Cl2N5O2/c1-12-4-6-15(7-5-12)26-20-27-21-25-10-13(11-29(21)22(2,3)28-20)18(30)16-8-14(23)9-17(24)19(16)31/h4-11,31H,1-3H3,(H,26,28). The van der Waals surface area contributed by atoms with Crippen molar-refractivity contribution in [2.24, 2.45) is 15.0 Å². The molecule has 2 N–H and O–H groups in total. The van der Waals surface area contributed by atoms with Crippen molar-refractivity contribution in [1.82, 2.24) is 4.90 Å². The van der Waals surface area contributed by atoms with Gasteiger partial charge in [-0.25, -0.2) is 9.98 Å². The molecule has 2 aliphatic heterocycles. The fraction of sp³-hybridized carbons (Fsp3) is 0.182. The van der Waals surface area contributed by atoms with Crippen LogP contribution in [0.1, 0.15) is 29.8 Å². The average Bonchev–Trinajstić information content (AvgIpc) is 2.71. The zero-order valence-corrected chi connectivity index (χ0v) is 18.5. The second-order valence-corrected chi connectivity index (χ2v) is 8.50. The Morgan fingerprint density at radius 1 is 1.16 bits per heavy atom. The smallest absolute Gasteiger partial charge is 0.234 e. The van der Waals surface area contributed by atoms with Gasteiger partial charge in [0.25, 0.3) is 0 Å². The van der Waals surface area contributed by atoms with Gasteiger partial charge in [-0.05, 0) is 45.0 Å². The Balaban J connectivity index is 1.63. The molecule has 31 heavy (non-hydrogen) atoms. The molecule has 0 fully saturated rings. The molecule has 2 aromatic carbocycles. The zero-order chi connectivity index (χ0) is 22.3. The summed E-state index contributed by atoms with van der Waals surface area (Å²) in [4.78, 5) is 28.2. The number of fused-ring (bicyclic) bond motifs is 1. The number of aliphatic imine (C=N–C) groups is 3. The molecule has 0 aliphatic carbocycles. The number of aromatic hydroxyl groups is 1. The van der Waals surface area contributed by atoms with E-state index in [9.17, 15) is 9.90 Å². The van der Waals surface area contributed by atoms with E-state index in [1.54, 1.807) is 11.1 Å². The summed E-state index contributed by atoms with van der Waals surface area (Å²) in [6, 6.07) is 10.6. The van der Waals surface area contributed by atoms with Gasteiger partial charge in [0.1, 0.15) is 11.4 Å². The van der Waals surface area contributed by atoms with E-state index in [0.717, 1.165) is 11.3 Å². The number of phenolic OH excluding ortho intramolecular Hbond substituents is 1. The van der Waals surface area contributed by atoms with Crippen LogP contribution in [-0.2, 0) is 0 Å². The van der Waals surface area contributed by atoms with Gasteiger partial charge in [0.15, 0.2) is 5.78 Å². The maximum Gasteiger partial charge on any atom is 0.234 e. The van der Waals surface area contributed by atoms with Crippen molar-refractivity contribution in [3.63, 3.8) is 0 Å². The lowest BCUT2D eigenvalue weighted by molar-refractivity contribution is 0.103. The number of hydrogen-bond acceptors (Lipinski definition) is 7. The molecular weight excluding hydrogens is 437 g/mol. The van der Waals surface area contributed by atoms with Crippen LogP contribution in [0, 0.1) is 6.92 Å². The van der Waals surface area contributed by atoms with Crippen molar-refractivity contribution in [1.29, 1.82) is 0 Å². The molecule has 0 atom stereocenters. The molecule has 0 radical (unpaired) electrons. The number of halogens is 2. The highest BCUT2D eigenvalue weighted by atomic mass is 35.5. The summed E-state index contributed by atoms with van der Waals surface area (Å²) in [5.74, 6) is 0.0117. The van der Waals surface area contributed by atoms with Crippen molar-refractivity contribution >= 4 is 52.8 Å². The number of aryl methyl sites for hydroxylation is 1. The molecule has 0 saturated heterocycles. The van der Waals surface area contributed by atoms with Crippen LogP contribution < -0.4 is 5.32 Å². The van der Waals surface area contributed by atoms with Crippen LogP contribution >= 0.6 is 23.2 Å². The normalized spacial score (nSPS) is 16.8. The number of benzene rings is 2. The van der Waals surface area contributed by atoms with Gasteiger partial charge < -0.3 is 10.4 Å². The average molecular weight is 456 g/mol. The van der Waals surface area contributed by atoms with E-state index in [1.165, 1.54) is 18.3 Å². The predicted octanol–water partition coefficient (Wildman–Crippen LogP) is 5.03. The molecule has 0 bridgehead atoms. The van der Waals surface area contributed by atoms with E-state index in [4.69, 9.17) is 23.2 Å². The highest BCUT2D eigenvalue weighted by molar-refractivity contribution is 6.37. The Morgan fingerprint density at radius 3 is 2.58 bits per heavy atom. The van der Waals surface area contributed by atoms with Crippen LogP contribution in [0.3, 0.4) is 0 Å². The molecule has 0 spiro atoms. The van der Waals surface area contributed by atoms with Crippen LogP contribution in [0.2, 0.25) is 10.0 Å². The topological polar surface area (TPSA) is 89.7 Å². The molecule has 4 rings (SSSR count). The van der Waals surface area contributed by atoms with Crippen molar-refractivity contribution in [2.45, 2.75) is 26.4 Å². The molecule has 0 unspecified atom stereocenters. The van der Waals surface area contributed by atoms with E-state index in [-0.39, 0.29) is 26.9 Å². The van der Waals surface area contributed by atoms with Gasteiger partial charge in [0.2, 0.25) is 11.9 Å². The van der Waals surface area contributed by atoms with Gasteiger partial charge in [-0.3, -0.25) is 9.69 Å². The lowest BCUT2D eigenvalue weighted by Crippen LogP contribution is -2.48. The summed E-state index contributed by atoms with van der Waals surface area (Å²) in [7, 11) is 0. The summed E-state index contributed by atoms with van der Waals surface area (Å²) in [5.41, 5.74) is 1.49. The predicted molar refractivity (Wildman–Crippen MR) is 125 cm³/mol. The molecule has 158 valence electrons. The fourth-order valence-corrected chi connectivity index (χ4v) is 3.66. The van der Waals surface area contributed by atoms with E-state index in [0.29, 0.717) is 11.9 Å². The molecule has 9 heteroatoms. The number of ketones is 1. The first-order valence-electron chi connectivity index (χ1n) is 9.44. The third kappa shape index (κ3) is 4.19. The van der Waals surface area contributed by atoms with Gasteiger partial charge in [0.05, 0.1) is 16.2 Å². The number of carbonyl (C=O) groups is 1. The molecule has 7 nitrogen and oxygen atoms in total. The largest absolute Gasteiger partial charge is 0.506 e. The number of carbonyl (C=O) groups excluding carboxylic acids is 1. The highest BCUT2D eigenvalue weighted by Gasteiger charge is 2.35. The second kappa shape index (κ2) is 7.83.